The van der Waals surface area contributed by atoms with Crippen LogP contribution in [-0.4, -0.2) is 20.1 Å². The first-order valence-electron chi connectivity index (χ1n) is 5.80. The van der Waals surface area contributed by atoms with Gasteiger partial charge < -0.3 is 5.11 Å². The van der Waals surface area contributed by atoms with Crippen LogP contribution in [0.25, 0.3) is 0 Å². The fraction of sp³-hybridized carbons (Fsp3) is 0.308. The topological polar surface area (TPSA) is 58.9 Å². The van der Waals surface area contributed by atoms with Gasteiger partial charge in [0, 0.05) is 23.0 Å². The molecule has 0 radical (unpaired) electrons. The predicted molar refractivity (Wildman–Crippen MR) is 70.4 cm³/mol. The van der Waals surface area contributed by atoms with E-state index in [-0.39, 0.29) is 0 Å². The van der Waals surface area contributed by atoms with Gasteiger partial charge in [0.15, 0.2) is 5.16 Å². The predicted octanol–water partition coefficient (Wildman–Crippen LogP) is 2.77. The van der Waals surface area contributed by atoms with Crippen LogP contribution in [0.3, 0.4) is 0 Å². The molecule has 94 valence electrons. The van der Waals surface area contributed by atoms with Crippen molar-refractivity contribution >= 4 is 11.8 Å². The second-order valence-corrected chi connectivity index (χ2v) is 4.97. The molecule has 2 heterocycles. The van der Waals surface area contributed by atoms with Crippen molar-refractivity contribution in [2.45, 2.75) is 36.4 Å². The van der Waals surface area contributed by atoms with Crippen molar-refractivity contribution in [2.75, 3.05) is 0 Å². The van der Waals surface area contributed by atoms with Gasteiger partial charge in [-0.2, -0.15) is 0 Å². The second-order valence-electron chi connectivity index (χ2n) is 3.93. The Kier molecular flexibility index (Phi) is 4.28. The lowest BCUT2D eigenvalue weighted by Gasteiger charge is -2.07. The van der Waals surface area contributed by atoms with Crippen LogP contribution in [0.15, 0.2) is 40.6 Å². The van der Waals surface area contributed by atoms with E-state index in [0.717, 1.165) is 10.6 Å². The summed E-state index contributed by atoms with van der Waals surface area (Å²) in [6, 6.07) is 5.63. The first-order valence-corrected chi connectivity index (χ1v) is 6.62. The van der Waals surface area contributed by atoms with Gasteiger partial charge in [0.25, 0.3) is 0 Å². The van der Waals surface area contributed by atoms with E-state index in [9.17, 15) is 5.11 Å². The van der Waals surface area contributed by atoms with Crippen LogP contribution in [0.1, 0.15) is 30.8 Å². The molecule has 0 aliphatic rings. The van der Waals surface area contributed by atoms with Crippen molar-refractivity contribution in [1.29, 1.82) is 0 Å². The van der Waals surface area contributed by atoms with Gasteiger partial charge in [-0.15, -0.1) is 0 Å². The molecule has 4 nitrogen and oxygen atoms in total. The van der Waals surface area contributed by atoms with E-state index < -0.39 is 6.10 Å². The summed E-state index contributed by atoms with van der Waals surface area (Å²) in [5.74, 6) is 0. The van der Waals surface area contributed by atoms with Crippen molar-refractivity contribution in [1.82, 2.24) is 15.0 Å². The van der Waals surface area contributed by atoms with Crippen LogP contribution in [0.4, 0.5) is 0 Å². The van der Waals surface area contributed by atoms with E-state index in [1.54, 1.807) is 12.4 Å². The minimum Gasteiger partial charge on any atom is -0.387 e. The molecule has 0 aliphatic heterocycles. The van der Waals surface area contributed by atoms with E-state index in [0.29, 0.717) is 17.3 Å². The third-order valence-electron chi connectivity index (χ3n) is 2.47. The molecule has 1 N–H and O–H groups in total. The first kappa shape index (κ1) is 13.0. The largest absolute Gasteiger partial charge is 0.387 e. The van der Waals surface area contributed by atoms with Crippen LogP contribution in [0.2, 0.25) is 0 Å². The highest BCUT2D eigenvalue weighted by atomic mass is 32.2. The number of nitrogens with zero attached hydrogens (tertiary/aromatic N) is 3. The van der Waals surface area contributed by atoms with E-state index >= 15 is 0 Å². The zero-order chi connectivity index (χ0) is 13.0. The Morgan fingerprint density at radius 1 is 1.28 bits per heavy atom. The molecule has 0 saturated carbocycles. The summed E-state index contributed by atoms with van der Waals surface area (Å²) < 4.78 is 0. The van der Waals surface area contributed by atoms with Crippen molar-refractivity contribution in [2.24, 2.45) is 0 Å². The number of hydrogen-bond acceptors (Lipinski definition) is 5. The third kappa shape index (κ3) is 3.27. The van der Waals surface area contributed by atoms with Gasteiger partial charge >= 0.3 is 0 Å². The molecule has 1 atom stereocenters. The molecule has 2 aromatic rings. The van der Waals surface area contributed by atoms with Crippen molar-refractivity contribution < 1.29 is 5.11 Å². The van der Waals surface area contributed by atoms with Gasteiger partial charge in [0.2, 0.25) is 0 Å². The van der Waals surface area contributed by atoms with Crippen LogP contribution < -0.4 is 0 Å². The molecular formula is C13H15N3OS. The maximum atomic E-state index is 9.65. The summed E-state index contributed by atoms with van der Waals surface area (Å²) in [4.78, 5) is 13.7. The van der Waals surface area contributed by atoms with Gasteiger partial charge in [-0.05, 0) is 43.3 Å². The lowest BCUT2D eigenvalue weighted by molar-refractivity contribution is 0.169. The Morgan fingerprint density at radius 3 is 2.72 bits per heavy atom. The monoisotopic (exact) mass is 261 g/mol. The molecular weight excluding hydrogens is 246 g/mol. The number of pyridine rings is 1. The molecule has 0 unspecified atom stereocenters. The molecule has 0 bridgehead atoms. The molecule has 0 aromatic carbocycles. The average Bonchev–Trinajstić information content (AvgIpc) is 2.39. The smallest absolute Gasteiger partial charge is 0.192 e. The molecule has 0 aliphatic carbocycles. The highest BCUT2D eigenvalue weighted by Crippen LogP contribution is 2.24. The molecule has 2 rings (SSSR count). The van der Waals surface area contributed by atoms with Gasteiger partial charge in [0.05, 0.1) is 11.8 Å². The average molecular weight is 261 g/mol. The Hall–Kier alpha value is -1.46. The SMILES string of the molecule is CC[C@@H](O)c1ccc(Sc2nccc(C)n2)cn1. The van der Waals surface area contributed by atoms with Crippen LogP contribution in [0.5, 0.6) is 0 Å². The maximum Gasteiger partial charge on any atom is 0.192 e. The van der Waals surface area contributed by atoms with E-state index in [4.69, 9.17) is 0 Å². The standard InChI is InChI=1S/C13H15N3OS/c1-3-12(17)11-5-4-10(8-15-11)18-13-14-7-6-9(2)16-13/h4-8,12,17H,3H2,1-2H3/t12-/m1/s1. The molecule has 0 amide bonds. The third-order valence-corrected chi connectivity index (χ3v) is 3.33. The zero-order valence-corrected chi connectivity index (χ0v) is 11.2. The minimum atomic E-state index is -0.487. The second kappa shape index (κ2) is 5.93. The number of aliphatic hydroxyl groups is 1. The summed E-state index contributed by atoms with van der Waals surface area (Å²) >= 11 is 1.46. The number of aliphatic hydroxyl groups excluding tert-OH is 1. The maximum absolute atomic E-state index is 9.65. The van der Waals surface area contributed by atoms with Crippen molar-refractivity contribution in [3.05, 3.63) is 42.0 Å². The van der Waals surface area contributed by atoms with Crippen molar-refractivity contribution in [3.63, 3.8) is 0 Å². The molecule has 2 aromatic heterocycles. The summed E-state index contributed by atoms with van der Waals surface area (Å²) in [5, 5.41) is 10.4. The number of aryl methyl sites for hydroxylation is 1. The number of hydrogen-bond donors (Lipinski definition) is 1. The first-order chi connectivity index (χ1) is 8.69. The molecule has 0 fully saturated rings. The summed E-state index contributed by atoms with van der Waals surface area (Å²) in [5.41, 5.74) is 1.64. The van der Waals surface area contributed by atoms with Gasteiger partial charge in [-0.1, -0.05) is 6.92 Å². The van der Waals surface area contributed by atoms with Crippen LogP contribution in [0, 0.1) is 6.92 Å². The summed E-state index contributed by atoms with van der Waals surface area (Å²) in [7, 11) is 0. The quantitative estimate of drug-likeness (QED) is 0.858. The van der Waals surface area contributed by atoms with Crippen LogP contribution >= 0.6 is 11.8 Å². The van der Waals surface area contributed by atoms with Gasteiger partial charge in [0.1, 0.15) is 0 Å². The Balaban J connectivity index is 2.11. The highest BCUT2D eigenvalue weighted by molar-refractivity contribution is 7.99. The Labute approximate surface area is 111 Å². The lowest BCUT2D eigenvalue weighted by Crippen LogP contribution is -1.98. The van der Waals surface area contributed by atoms with Crippen LogP contribution in [-0.2, 0) is 0 Å². The molecule has 5 heteroatoms. The summed E-state index contributed by atoms with van der Waals surface area (Å²) in [6.07, 6.45) is 3.66. The lowest BCUT2D eigenvalue weighted by atomic mass is 10.2. The zero-order valence-electron chi connectivity index (χ0n) is 10.4. The number of aromatic nitrogens is 3. The van der Waals surface area contributed by atoms with Crippen molar-refractivity contribution in [3.8, 4) is 0 Å². The Morgan fingerprint density at radius 2 is 2.11 bits per heavy atom. The highest BCUT2D eigenvalue weighted by Gasteiger charge is 2.07. The normalized spacial score (nSPS) is 12.4. The Bertz CT molecular complexity index is 516. The van der Waals surface area contributed by atoms with E-state index in [1.807, 2.05) is 32.0 Å². The van der Waals surface area contributed by atoms with Gasteiger partial charge in [-0.3, -0.25) is 4.98 Å². The summed E-state index contributed by atoms with van der Waals surface area (Å²) in [6.45, 7) is 3.86. The minimum absolute atomic E-state index is 0.487. The fourth-order valence-corrected chi connectivity index (χ4v) is 2.19. The van der Waals surface area contributed by atoms with E-state index in [2.05, 4.69) is 15.0 Å². The molecule has 0 saturated heterocycles. The molecule has 0 spiro atoms. The van der Waals surface area contributed by atoms with E-state index in [1.165, 1.54) is 11.8 Å². The fourth-order valence-electron chi connectivity index (χ4n) is 1.44. The van der Waals surface area contributed by atoms with Gasteiger partial charge in [-0.25, -0.2) is 9.97 Å². The number of rotatable bonds is 4. The molecule has 18 heavy (non-hydrogen) atoms.